The Bertz CT molecular complexity index is 1910. The molecule has 6 rings (SSSR count). The number of rotatable bonds is 8. The van der Waals surface area contributed by atoms with Gasteiger partial charge in [-0.1, -0.05) is 96.5 Å². The molecule has 8 heteroatoms. The third-order valence-electron chi connectivity index (χ3n) is 7.20. The van der Waals surface area contributed by atoms with Gasteiger partial charge in [-0.05, 0) is 47.5 Å². The summed E-state index contributed by atoms with van der Waals surface area (Å²) < 4.78 is 0. The molecule has 1 unspecified atom stereocenters. The summed E-state index contributed by atoms with van der Waals surface area (Å²) in [6.45, 7) is 0. The number of nitrogens with one attached hydrogen (secondary N) is 2. The van der Waals surface area contributed by atoms with E-state index in [1.54, 1.807) is 60.7 Å². The number of carbonyl (C=O) groups excluding carboxylic acids is 4. The maximum Gasteiger partial charge on any atom is 0.242 e. The standard InChI is InChI=1S/C36H25ClN2O4S/c37-24-18-16-22(17-19-24)20-31(40)38-25-10-6-11-26(21-25)44-35(23-8-2-1-3-9-23)36(43)39-30-15-7-14-29-32(30)34(42)28-13-5-4-12-27(28)33(29)41/h1-19,21,35H,20H2,(H,38,40)(H,39,43). The highest BCUT2D eigenvalue weighted by Crippen LogP contribution is 2.38. The first-order chi connectivity index (χ1) is 21.4. The van der Waals surface area contributed by atoms with Crippen molar-refractivity contribution in [2.24, 2.45) is 0 Å². The molecule has 6 nitrogen and oxygen atoms in total. The molecule has 1 aliphatic carbocycles. The van der Waals surface area contributed by atoms with E-state index in [1.165, 1.54) is 11.8 Å². The van der Waals surface area contributed by atoms with Crippen LogP contribution in [0.25, 0.3) is 0 Å². The average molecular weight is 617 g/mol. The van der Waals surface area contributed by atoms with Gasteiger partial charge in [0.05, 0.1) is 17.7 Å². The van der Waals surface area contributed by atoms with Crippen molar-refractivity contribution in [3.05, 3.63) is 160 Å². The lowest BCUT2D eigenvalue weighted by Crippen LogP contribution is -2.25. The zero-order chi connectivity index (χ0) is 30.6. The number of hydrogen-bond donors (Lipinski definition) is 2. The summed E-state index contributed by atoms with van der Waals surface area (Å²) >= 11 is 7.26. The predicted molar refractivity (Wildman–Crippen MR) is 174 cm³/mol. The van der Waals surface area contributed by atoms with Gasteiger partial charge < -0.3 is 10.6 Å². The molecule has 2 N–H and O–H groups in total. The van der Waals surface area contributed by atoms with Crippen molar-refractivity contribution in [1.82, 2.24) is 0 Å². The summed E-state index contributed by atoms with van der Waals surface area (Å²) in [4.78, 5) is 54.1. The second-order valence-electron chi connectivity index (χ2n) is 10.2. The third kappa shape index (κ3) is 6.20. The number of thioether (sulfide) groups is 1. The molecule has 44 heavy (non-hydrogen) atoms. The minimum atomic E-state index is -0.700. The van der Waals surface area contributed by atoms with Crippen LogP contribution in [0, 0.1) is 0 Å². The highest BCUT2D eigenvalue weighted by atomic mass is 35.5. The molecule has 216 valence electrons. The minimum Gasteiger partial charge on any atom is -0.326 e. The van der Waals surface area contributed by atoms with Crippen LogP contribution in [0.3, 0.4) is 0 Å². The van der Waals surface area contributed by atoms with Gasteiger partial charge >= 0.3 is 0 Å². The molecule has 5 aromatic carbocycles. The summed E-state index contributed by atoms with van der Waals surface area (Å²) in [6, 6.07) is 35.3. The highest BCUT2D eigenvalue weighted by molar-refractivity contribution is 8.00. The smallest absolute Gasteiger partial charge is 0.242 e. The number of amides is 2. The van der Waals surface area contributed by atoms with Crippen molar-refractivity contribution in [3.8, 4) is 0 Å². The molecule has 0 radical (unpaired) electrons. The number of hydrogen-bond acceptors (Lipinski definition) is 5. The summed E-state index contributed by atoms with van der Waals surface area (Å²) in [5.74, 6) is -1.10. The fourth-order valence-corrected chi connectivity index (χ4v) is 6.33. The van der Waals surface area contributed by atoms with Crippen LogP contribution in [-0.4, -0.2) is 23.4 Å². The van der Waals surface area contributed by atoms with E-state index in [-0.39, 0.29) is 46.6 Å². The molecule has 0 aromatic heterocycles. The van der Waals surface area contributed by atoms with Crippen molar-refractivity contribution in [2.45, 2.75) is 16.6 Å². The van der Waals surface area contributed by atoms with Gasteiger partial charge in [-0.15, -0.1) is 11.8 Å². The van der Waals surface area contributed by atoms with Crippen LogP contribution in [0.15, 0.2) is 126 Å². The van der Waals surface area contributed by atoms with Crippen LogP contribution in [-0.2, 0) is 16.0 Å². The molecule has 1 aliphatic rings. The Morgan fingerprint density at radius 1 is 0.682 bits per heavy atom. The molecule has 1 atom stereocenters. The number of ketones is 2. The zero-order valence-corrected chi connectivity index (χ0v) is 24.8. The summed E-state index contributed by atoms with van der Waals surface area (Å²) in [5.41, 5.74) is 3.59. The second-order valence-corrected chi connectivity index (χ2v) is 11.8. The molecule has 0 bridgehead atoms. The quantitative estimate of drug-likeness (QED) is 0.170. The Morgan fingerprint density at radius 2 is 1.34 bits per heavy atom. The summed E-state index contributed by atoms with van der Waals surface area (Å²) in [6.07, 6.45) is 0.191. The Morgan fingerprint density at radius 3 is 2.09 bits per heavy atom. The van der Waals surface area contributed by atoms with Gasteiger partial charge in [0.2, 0.25) is 11.8 Å². The fourth-order valence-electron chi connectivity index (χ4n) is 5.12. The van der Waals surface area contributed by atoms with Gasteiger partial charge in [-0.25, -0.2) is 0 Å². The van der Waals surface area contributed by atoms with Crippen LogP contribution in [0.2, 0.25) is 5.02 Å². The molecule has 0 fully saturated rings. The van der Waals surface area contributed by atoms with Crippen LogP contribution >= 0.6 is 23.4 Å². The van der Waals surface area contributed by atoms with Crippen LogP contribution < -0.4 is 10.6 Å². The van der Waals surface area contributed by atoms with E-state index in [0.717, 1.165) is 16.0 Å². The van der Waals surface area contributed by atoms with Crippen LogP contribution in [0.1, 0.15) is 48.2 Å². The van der Waals surface area contributed by atoms with E-state index in [0.29, 0.717) is 21.8 Å². The molecule has 0 aliphatic heterocycles. The van der Waals surface area contributed by atoms with Crippen molar-refractivity contribution >= 4 is 58.1 Å². The van der Waals surface area contributed by atoms with Gasteiger partial charge in [0.15, 0.2) is 11.6 Å². The van der Waals surface area contributed by atoms with E-state index in [9.17, 15) is 19.2 Å². The first-order valence-corrected chi connectivity index (χ1v) is 15.1. The van der Waals surface area contributed by atoms with Crippen molar-refractivity contribution in [3.63, 3.8) is 0 Å². The first-order valence-electron chi connectivity index (χ1n) is 13.9. The normalized spacial score (nSPS) is 12.6. The Labute approximate surface area is 263 Å². The first kappa shape index (κ1) is 29.1. The number of carbonyl (C=O) groups is 4. The largest absolute Gasteiger partial charge is 0.326 e. The third-order valence-corrected chi connectivity index (χ3v) is 8.70. The van der Waals surface area contributed by atoms with Gasteiger partial charge in [0.1, 0.15) is 5.25 Å². The Kier molecular flexibility index (Phi) is 8.41. The topological polar surface area (TPSA) is 92.3 Å². The molecule has 0 heterocycles. The molecular weight excluding hydrogens is 592 g/mol. The lowest BCUT2D eigenvalue weighted by Gasteiger charge is -2.22. The number of anilines is 2. The van der Waals surface area contributed by atoms with E-state index in [4.69, 9.17) is 11.6 Å². The van der Waals surface area contributed by atoms with E-state index in [2.05, 4.69) is 10.6 Å². The lowest BCUT2D eigenvalue weighted by atomic mass is 9.83. The zero-order valence-electron chi connectivity index (χ0n) is 23.3. The van der Waals surface area contributed by atoms with Crippen molar-refractivity contribution in [2.75, 3.05) is 10.6 Å². The Balaban J connectivity index is 1.24. The van der Waals surface area contributed by atoms with E-state index < -0.39 is 5.25 Å². The Hall–Kier alpha value is -4.98. The summed E-state index contributed by atoms with van der Waals surface area (Å²) in [5, 5.41) is 5.77. The number of benzene rings is 5. The molecule has 0 spiro atoms. The molecule has 0 saturated heterocycles. The van der Waals surface area contributed by atoms with Crippen LogP contribution in [0.5, 0.6) is 0 Å². The average Bonchev–Trinajstić information content (AvgIpc) is 3.04. The minimum absolute atomic E-state index is 0.179. The monoisotopic (exact) mass is 616 g/mol. The maximum atomic E-state index is 13.9. The van der Waals surface area contributed by atoms with Gasteiger partial charge in [0.25, 0.3) is 0 Å². The highest BCUT2D eigenvalue weighted by Gasteiger charge is 2.32. The molecule has 2 amide bonds. The van der Waals surface area contributed by atoms with Crippen LogP contribution in [0.4, 0.5) is 11.4 Å². The van der Waals surface area contributed by atoms with Gasteiger partial charge in [-0.2, -0.15) is 0 Å². The summed E-state index contributed by atoms with van der Waals surface area (Å²) in [7, 11) is 0. The molecule has 5 aromatic rings. The fraction of sp³-hybridized carbons (Fsp3) is 0.0556. The number of halogens is 1. The van der Waals surface area contributed by atoms with Crippen molar-refractivity contribution < 1.29 is 19.2 Å². The van der Waals surface area contributed by atoms with Gasteiger partial charge in [0, 0.05) is 32.3 Å². The van der Waals surface area contributed by atoms with Gasteiger partial charge in [-0.3, -0.25) is 19.2 Å². The van der Waals surface area contributed by atoms with E-state index >= 15 is 0 Å². The maximum absolute atomic E-state index is 13.9. The molecular formula is C36H25ClN2O4S. The second kappa shape index (κ2) is 12.7. The lowest BCUT2D eigenvalue weighted by molar-refractivity contribution is -0.116. The SMILES string of the molecule is O=C(Cc1ccc(Cl)cc1)Nc1cccc(SC(C(=O)Nc2cccc3c2C(=O)c2ccccc2C3=O)c2ccccc2)c1. The molecule has 0 saturated carbocycles. The number of fused-ring (bicyclic) bond motifs is 2. The van der Waals surface area contributed by atoms with Crippen molar-refractivity contribution in [1.29, 1.82) is 0 Å². The van der Waals surface area contributed by atoms with E-state index in [1.807, 2.05) is 60.7 Å². The predicted octanol–water partition coefficient (Wildman–Crippen LogP) is 7.77.